The van der Waals surface area contributed by atoms with Crippen LogP contribution >= 0.6 is 11.8 Å². The molecule has 1 aromatic heterocycles. The highest BCUT2D eigenvalue weighted by atomic mass is 32.2. The second-order valence-corrected chi connectivity index (χ2v) is 7.94. The van der Waals surface area contributed by atoms with Gasteiger partial charge in [0, 0.05) is 17.0 Å². The summed E-state index contributed by atoms with van der Waals surface area (Å²) in [4.78, 5) is 32.7. The topological polar surface area (TPSA) is 84.1 Å². The average Bonchev–Trinajstić information content (AvgIpc) is 3.22. The zero-order chi connectivity index (χ0) is 21.8. The fourth-order valence-electron chi connectivity index (χ4n) is 3.20. The van der Waals surface area contributed by atoms with Crippen LogP contribution in [0.3, 0.4) is 0 Å². The summed E-state index contributed by atoms with van der Waals surface area (Å²) in [5, 5.41) is 3.73. The lowest BCUT2D eigenvalue weighted by atomic mass is 10.1. The minimum Gasteiger partial charge on any atom is -0.465 e. The molecule has 1 heterocycles. The van der Waals surface area contributed by atoms with Crippen molar-refractivity contribution in [1.82, 2.24) is 9.97 Å². The van der Waals surface area contributed by atoms with Crippen molar-refractivity contribution in [2.75, 3.05) is 12.4 Å². The van der Waals surface area contributed by atoms with Gasteiger partial charge in [-0.15, -0.1) is 0 Å². The maximum Gasteiger partial charge on any atom is 0.337 e. The van der Waals surface area contributed by atoms with E-state index in [0.29, 0.717) is 22.6 Å². The highest BCUT2D eigenvalue weighted by Gasteiger charge is 2.15. The number of hydrogen-bond donors (Lipinski definition) is 2. The normalized spacial score (nSPS) is 10.8. The number of nitrogens with zero attached hydrogens (tertiary/aromatic N) is 1. The van der Waals surface area contributed by atoms with E-state index < -0.39 is 5.97 Å². The van der Waals surface area contributed by atoms with Gasteiger partial charge in [-0.1, -0.05) is 48.2 Å². The van der Waals surface area contributed by atoms with Crippen molar-refractivity contribution < 1.29 is 14.3 Å². The fraction of sp³-hybridized carbons (Fsp3) is 0.125. The lowest BCUT2D eigenvalue weighted by Crippen LogP contribution is -2.15. The summed E-state index contributed by atoms with van der Waals surface area (Å²) in [5.41, 5.74) is 5.19. The van der Waals surface area contributed by atoms with E-state index in [1.165, 1.54) is 7.11 Å². The van der Waals surface area contributed by atoms with Crippen molar-refractivity contribution in [2.24, 2.45) is 0 Å². The molecule has 0 unspecified atom stereocenters. The molecule has 4 rings (SSSR count). The van der Waals surface area contributed by atoms with Gasteiger partial charge in [0.25, 0.3) is 5.91 Å². The molecule has 31 heavy (non-hydrogen) atoms. The van der Waals surface area contributed by atoms with Gasteiger partial charge < -0.3 is 15.0 Å². The highest BCUT2D eigenvalue weighted by Crippen LogP contribution is 2.26. The number of ether oxygens (including phenoxy) is 1. The number of imidazole rings is 1. The van der Waals surface area contributed by atoms with Crippen LogP contribution in [-0.4, -0.2) is 29.0 Å². The molecule has 2 N–H and O–H groups in total. The number of fused-ring (bicyclic) bond motifs is 1. The number of carbonyl (C=O) groups excluding carboxylic acids is 2. The fourth-order valence-corrected chi connectivity index (χ4v) is 4.09. The monoisotopic (exact) mass is 431 g/mol. The Kier molecular flexibility index (Phi) is 6.04. The smallest absolute Gasteiger partial charge is 0.337 e. The summed E-state index contributed by atoms with van der Waals surface area (Å²) in [6.07, 6.45) is 0. The van der Waals surface area contributed by atoms with Gasteiger partial charge in [-0.05, 0) is 48.4 Å². The molecule has 0 aliphatic rings. The molecule has 1 amide bonds. The Balaban J connectivity index is 1.52. The number of esters is 1. The first-order valence-electron chi connectivity index (χ1n) is 9.71. The minimum absolute atomic E-state index is 0.231. The first-order valence-corrected chi connectivity index (χ1v) is 10.7. The van der Waals surface area contributed by atoms with E-state index in [-0.39, 0.29) is 5.91 Å². The lowest BCUT2D eigenvalue weighted by molar-refractivity contribution is 0.0600. The van der Waals surface area contributed by atoms with Crippen molar-refractivity contribution in [3.05, 3.63) is 89.0 Å². The molecule has 6 nitrogen and oxygen atoms in total. The third-order valence-electron chi connectivity index (χ3n) is 4.90. The summed E-state index contributed by atoms with van der Waals surface area (Å²) >= 11 is 1.54. The van der Waals surface area contributed by atoms with Crippen LogP contribution in [0.4, 0.5) is 5.69 Å². The van der Waals surface area contributed by atoms with Gasteiger partial charge in [0.1, 0.15) is 0 Å². The number of thioether (sulfide) groups is 1. The number of aromatic nitrogens is 2. The van der Waals surface area contributed by atoms with E-state index in [0.717, 1.165) is 27.3 Å². The largest absolute Gasteiger partial charge is 0.465 e. The summed E-state index contributed by atoms with van der Waals surface area (Å²) < 4.78 is 4.77. The maximum absolute atomic E-state index is 13.0. The van der Waals surface area contributed by atoms with Gasteiger partial charge in [0.2, 0.25) is 0 Å². The number of aromatic amines is 1. The molecule has 0 saturated carbocycles. The summed E-state index contributed by atoms with van der Waals surface area (Å²) in [5.74, 6) is -0.0889. The van der Waals surface area contributed by atoms with E-state index >= 15 is 0 Å². The van der Waals surface area contributed by atoms with Gasteiger partial charge >= 0.3 is 5.97 Å². The van der Waals surface area contributed by atoms with Crippen molar-refractivity contribution in [2.45, 2.75) is 17.8 Å². The van der Waals surface area contributed by atoms with Gasteiger partial charge in [-0.3, -0.25) is 4.79 Å². The van der Waals surface area contributed by atoms with E-state index in [9.17, 15) is 9.59 Å². The second-order valence-electron chi connectivity index (χ2n) is 6.98. The van der Waals surface area contributed by atoms with E-state index in [4.69, 9.17) is 4.74 Å². The third kappa shape index (κ3) is 4.62. The van der Waals surface area contributed by atoms with Crippen LogP contribution in [0.1, 0.15) is 31.8 Å². The molecular weight excluding hydrogens is 410 g/mol. The number of para-hydroxylation sites is 2. The number of amides is 1. The number of hydrogen-bond acceptors (Lipinski definition) is 5. The molecule has 3 aromatic carbocycles. The van der Waals surface area contributed by atoms with Gasteiger partial charge in [-0.25, -0.2) is 9.78 Å². The van der Waals surface area contributed by atoms with Crippen LogP contribution in [0.2, 0.25) is 0 Å². The molecule has 0 spiro atoms. The van der Waals surface area contributed by atoms with Crippen LogP contribution in [0.5, 0.6) is 0 Å². The molecule has 0 radical (unpaired) electrons. The Hall–Kier alpha value is -3.58. The average molecular weight is 432 g/mol. The van der Waals surface area contributed by atoms with Gasteiger partial charge in [-0.2, -0.15) is 0 Å². The Morgan fingerprint density at radius 3 is 2.65 bits per heavy atom. The van der Waals surface area contributed by atoms with Gasteiger partial charge in [0.05, 0.1) is 23.7 Å². The Morgan fingerprint density at radius 2 is 1.84 bits per heavy atom. The van der Waals surface area contributed by atoms with Crippen LogP contribution in [0.25, 0.3) is 11.0 Å². The SMILES string of the molecule is COC(=O)c1ccc(C)c(NC(=O)c2ccccc2CSc2nc3ccccc3[nH]2)c1. The molecule has 0 saturated heterocycles. The molecule has 4 aromatic rings. The molecule has 156 valence electrons. The van der Waals surface area contributed by atoms with Crippen LogP contribution in [-0.2, 0) is 10.5 Å². The predicted molar refractivity (Wildman–Crippen MR) is 123 cm³/mol. The number of rotatable bonds is 6. The van der Waals surface area contributed by atoms with Crippen molar-refractivity contribution in [3.63, 3.8) is 0 Å². The second kappa shape index (κ2) is 9.06. The minimum atomic E-state index is -0.446. The Bertz CT molecular complexity index is 1230. The third-order valence-corrected chi connectivity index (χ3v) is 5.82. The molecule has 0 atom stereocenters. The summed E-state index contributed by atoms with van der Waals surface area (Å²) in [7, 11) is 1.33. The first-order chi connectivity index (χ1) is 15.0. The lowest BCUT2D eigenvalue weighted by Gasteiger charge is -2.12. The molecule has 7 heteroatoms. The number of methoxy groups -OCH3 is 1. The summed E-state index contributed by atoms with van der Waals surface area (Å²) in [6, 6.07) is 20.4. The van der Waals surface area contributed by atoms with E-state index in [2.05, 4.69) is 15.3 Å². The van der Waals surface area contributed by atoms with Crippen molar-refractivity contribution in [3.8, 4) is 0 Å². The standard InChI is InChI=1S/C24H21N3O3S/c1-15-11-12-16(23(29)30-2)13-21(15)25-22(28)18-8-4-3-7-17(18)14-31-24-26-19-9-5-6-10-20(19)27-24/h3-13H,14H2,1-2H3,(H,25,28)(H,26,27). The van der Waals surface area contributed by atoms with Crippen LogP contribution in [0.15, 0.2) is 71.9 Å². The number of anilines is 1. The number of carbonyl (C=O) groups is 2. The number of aryl methyl sites for hydroxylation is 1. The molecule has 0 aliphatic heterocycles. The van der Waals surface area contributed by atoms with Gasteiger partial charge in [0.15, 0.2) is 5.16 Å². The number of H-pyrrole nitrogens is 1. The van der Waals surface area contributed by atoms with Crippen LogP contribution in [0, 0.1) is 6.92 Å². The van der Waals surface area contributed by atoms with Crippen LogP contribution < -0.4 is 5.32 Å². The molecule has 0 bridgehead atoms. The molecule has 0 fully saturated rings. The summed E-state index contributed by atoms with van der Waals surface area (Å²) in [6.45, 7) is 1.88. The Morgan fingerprint density at radius 1 is 1.06 bits per heavy atom. The van der Waals surface area contributed by atoms with E-state index in [1.807, 2.05) is 49.4 Å². The van der Waals surface area contributed by atoms with Crippen molar-refractivity contribution >= 4 is 40.4 Å². The number of benzene rings is 3. The molecule has 0 aliphatic carbocycles. The zero-order valence-corrected chi connectivity index (χ0v) is 18.0. The van der Waals surface area contributed by atoms with Crippen molar-refractivity contribution in [1.29, 1.82) is 0 Å². The predicted octanol–water partition coefficient (Wildman–Crippen LogP) is 5.20. The zero-order valence-electron chi connectivity index (χ0n) is 17.1. The molecular formula is C24H21N3O3S. The maximum atomic E-state index is 13.0. The highest BCUT2D eigenvalue weighted by molar-refractivity contribution is 7.98. The quantitative estimate of drug-likeness (QED) is 0.324. The Labute approximate surface area is 184 Å². The first kappa shape index (κ1) is 20.7. The number of nitrogens with one attached hydrogen (secondary N) is 2. The van der Waals surface area contributed by atoms with E-state index in [1.54, 1.807) is 36.0 Å².